The molecule has 5 aromatic carbocycles. The number of nitrogens with one attached hydrogen (secondary N) is 8. The maximum atomic E-state index is 14.9. The summed E-state index contributed by atoms with van der Waals surface area (Å²) in [4.78, 5) is 118. The van der Waals surface area contributed by atoms with Gasteiger partial charge in [-0.1, -0.05) is 139 Å². The maximum absolute atomic E-state index is 14.9. The number of hydrogen-bond acceptors (Lipinski definition) is 13. The minimum Gasteiger partial charge on any atom is -0.508 e. The van der Waals surface area contributed by atoms with Gasteiger partial charge in [0.2, 0.25) is 47.3 Å². The molecule has 2 heterocycles. The van der Waals surface area contributed by atoms with Gasteiger partial charge in [-0.15, -0.1) is 0 Å². The molecule has 0 saturated carbocycles. The number of phenolic OH excluding ortho intramolecular Hbond substituents is 1. The molecule has 0 spiro atoms. The fraction of sp³-hybridized carbons (Fsp3) is 0.356. The first-order chi connectivity index (χ1) is 39.0. The van der Waals surface area contributed by atoms with E-state index in [0.29, 0.717) is 29.5 Å². The number of rotatable bonds is 18. The van der Waals surface area contributed by atoms with Gasteiger partial charge in [-0.25, -0.2) is 0 Å². The number of amides is 8. The minimum absolute atomic E-state index is 0.0215. The van der Waals surface area contributed by atoms with Crippen LogP contribution in [0.4, 0.5) is 0 Å². The zero-order valence-corrected chi connectivity index (χ0v) is 46.8. The average Bonchev–Trinajstić information content (AvgIpc) is 3.86. The van der Waals surface area contributed by atoms with Crippen LogP contribution in [-0.2, 0) is 64.0 Å². The lowest BCUT2D eigenvalue weighted by atomic mass is 9.99. The highest BCUT2D eigenvalue weighted by molar-refractivity contribution is 8.76. The third-order valence-corrected chi connectivity index (χ3v) is 16.4. The lowest BCUT2D eigenvalue weighted by Crippen LogP contribution is -2.61. The Hall–Kier alpha value is -7.92. The number of unbranched alkanes of at least 4 members (excludes halogenated alkanes) is 1. The first-order valence-corrected chi connectivity index (χ1v) is 29.4. The summed E-state index contributed by atoms with van der Waals surface area (Å²) in [6, 6.07) is 25.3. The predicted molar refractivity (Wildman–Crippen MR) is 315 cm³/mol. The Morgan fingerprint density at radius 1 is 0.654 bits per heavy atom. The number of H-pyrrole nitrogens is 1. The molecule has 8 amide bonds. The quantitative estimate of drug-likeness (QED) is 0.0436. The molecule has 1 aliphatic rings. The minimum atomic E-state index is -1.40. The number of fused-ring (bicyclic) bond motifs is 2. The zero-order valence-electron chi connectivity index (χ0n) is 45.2. The number of aromatic nitrogens is 1. The van der Waals surface area contributed by atoms with Crippen molar-refractivity contribution in [3.63, 3.8) is 0 Å². The smallest absolute Gasteiger partial charge is 0.244 e. The Balaban J connectivity index is 1.25. The number of nitrogens with two attached hydrogens (primary N) is 3. The van der Waals surface area contributed by atoms with Crippen molar-refractivity contribution in [3.05, 3.63) is 150 Å². The highest BCUT2D eigenvalue weighted by Gasteiger charge is 2.36. The molecular formula is C59H71N11O9S2. The first-order valence-electron chi connectivity index (χ1n) is 26.9. The maximum Gasteiger partial charge on any atom is 0.244 e. The van der Waals surface area contributed by atoms with E-state index in [-0.39, 0.29) is 55.9 Å². The van der Waals surface area contributed by atoms with Gasteiger partial charge >= 0.3 is 0 Å². The number of carbonyl (C=O) groups is 8. The first kappa shape index (κ1) is 60.7. The van der Waals surface area contributed by atoms with Gasteiger partial charge in [-0.3, -0.25) is 38.4 Å². The van der Waals surface area contributed by atoms with E-state index in [0.717, 1.165) is 48.8 Å². The van der Waals surface area contributed by atoms with Crippen LogP contribution in [-0.4, -0.2) is 124 Å². The van der Waals surface area contributed by atoms with E-state index in [1.807, 2.05) is 84.9 Å². The molecule has 0 unspecified atom stereocenters. The van der Waals surface area contributed by atoms with Crippen LogP contribution in [0.15, 0.2) is 128 Å². The van der Waals surface area contributed by atoms with Crippen molar-refractivity contribution < 1.29 is 43.5 Å². The van der Waals surface area contributed by atoms with E-state index in [9.17, 15) is 43.5 Å². The molecule has 1 aliphatic heterocycles. The van der Waals surface area contributed by atoms with E-state index < -0.39 is 102 Å². The van der Waals surface area contributed by atoms with Crippen LogP contribution in [0.5, 0.6) is 5.75 Å². The second kappa shape index (κ2) is 29.5. The molecule has 0 radical (unpaired) electrons. The Morgan fingerprint density at radius 2 is 1.28 bits per heavy atom. The van der Waals surface area contributed by atoms with Crippen molar-refractivity contribution in [2.24, 2.45) is 23.1 Å². The summed E-state index contributed by atoms with van der Waals surface area (Å²) in [5.41, 5.74) is 21.6. The van der Waals surface area contributed by atoms with Crippen LogP contribution in [0.1, 0.15) is 55.4 Å². The van der Waals surface area contributed by atoms with Crippen LogP contribution in [0.2, 0.25) is 0 Å². The summed E-state index contributed by atoms with van der Waals surface area (Å²) >= 11 is 0. The normalized spacial score (nSPS) is 20.7. The van der Waals surface area contributed by atoms with Crippen molar-refractivity contribution in [2.75, 3.05) is 18.1 Å². The molecule has 428 valence electrons. The molecule has 1 saturated heterocycles. The Morgan fingerprint density at radius 3 is 2.00 bits per heavy atom. The second-order valence-corrected chi connectivity index (χ2v) is 23.0. The van der Waals surface area contributed by atoms with Crippen LogP contribution in [0, 0.1) is 5.92 Å². The summed E-state index contributed by atoms with van der Waals surface area (Å²) in [5.74, 6) is -7.04. The van der Waals surface area contributed by atoms with Gasteiger partial charge in [-0.05, 0) is 89.4 Å². The number of phenols is 1. The van der Waals surface area contributed by atoms with Gasteiger partial charge in [-0.2, -0.15) is 0 Å². The number of hydrogen-bond donors (Lipinski definition) is 12. The summed E-state index contributed by atoms with van der Waals surface area (Å²) in [6.45, 7) is 3.68. The third kappa shape index (κ3) is 17.5. The van der Waals surface area contributed by atoms with Crippen LogP contribution in [0.25, 0.3) is 21.7 Å². The number of carbonyl (C=O) groups excluding carboxylic acids is 8. The monoisotopic (exact) mass is 1140 g/mol. The topological polar surface area (TPSA) is 335 Å². The van der Waals surface area contributed by atoms with E-state index in [1.54, 1.807) is 44.3 Å². The van der Waals surface area contributed by atoms with Gasteiger partial charge in [0.05, 0.1) is 6.04 Å². The van der Waals surface area contributed by atoms with Crippen LogP contribution >= 0.6 is 21.6 Å². The van der Waals surface area contributed by atoms with Crippen molar-refractivity contribution in [1.82, 2.24) is 42.2 Å². The molecule has 1 fully saturated rings. The van der Waals surface area contributed by atoms with Crippen molar-refractivity contribution in [1.29, 1.82) is 0 Å². The van der Waals surface area contributed by atoms with Gasteiger partial charge < -0.3 is 64.5 Å². The highest BCUT2D eigenvalue weighted by atomic mass is 33.1. The Bertz CT molecular complexity index is 3160. The second-order valence-electron chi connectivity index (χ2n) is 20.5. The molecule has 20 nitrogen and oxygen atoms in total. The average molecular weight is 1140 g/mol. The van der Waals surface area contributed by atoms with Crippen molar-refractivity contribution >= 4 is 90.5 Å². The lowest BCUT2D eigenvalue weighted by molar-refractivity contribution is -0.136. The molecule has 0 aliphatic carbocycles. The number of aromatic hydroxyl groups is 1. The molecule has 22 heteroatoms. The Labute approximate surface area is 477 Å². The highest BCUT2D eigenvalue weighted by Crippen LogP contribution is 2.25. The number of para-hydroxylation sites is 1. The number of benzene rings is 5. The van der Waals surface area contributed by atoms with E-state index in [2.05, 4.69) is 42.2 Å². The van der Waals surface area contributed by atoms with Gasteiger partial charge in [0, 0.05) is 47.9 Å². The molecule has 8 atom stereocenters. The zero-order chi connectivity index (χ0) is 58.0. The standard InChI is InChI=1S/C59H71N11O9S2/c1-34(2)51-59(79)69-50(57(77)65-46(52(62)72)29-37-19-22-38-14-6-7-15-39(38)26-37)33-81-80-32-49(68-53(73)43(61)27-35-12-4-3-5-13-35)58(78)66-47(28-36-20-23-41(71)24-21-36)55(75)67-48(30-40-31-63-44-17-9-8-16-42(40)44)56(76)64-45(54(74)70-51)18-10-11-25-60/h3-9,12-17,19-24,26,31,34,43,45-51,63,71H,10-11,18,25,27-30,32-33,60-61H2,1-2H3,(H2,62,72)(H,64,76)(H,65,77)(H,66,78)(H,67,75)(H,68,73)(H,69,79)(H,70,74)/t43-,45+,46-,47+,48-,49+,50+,51+/m1/s1. The molecule has 81 heavy (non-hydrogen) atoms. The number of aromatic amines is 1. The lowest BCUT2D eigenvalue weighted by Gasteiger charge is -2.29. The van der Waals surface area contributed by atoms with Gasteiger partial charge in [0.15, 0.2) is 0 Å². The largest absolute Gasteiger partial charge is 0.508 e. The Kier molecular flexibility index (Phi) is 22.1. The molecule has 6 aromatic rings. The SMILES string of the molecule is CC(C)[C@@H]1NC(=O)[C@H](CCCCN)NC(=O)[C@@H](Cc2c[nH]c3ccccc23)NC(=O)[C@H](Cc2ccc(O)cc2)NC(=O)[C@@H](NC(=O)[C@H](N)Cc2ccccc2)CSSC[C@@H](C(=O)N[C@H](Cc2ccc3ccccc3c2)C(N)=O)NC1=O. The predicted octanol–water partition coefficient (Wildman–Crippen LogP) is 2.68. The van der Waals surface area contributed by atoms with Gasteiger partial charge in [0.25, 0.3) is 0 Å². The number of primary amides is 1. The van der Waals surface area contributed by atoms with Gasteiger partial charge in [0.1, 0.15) is 48.0 Å². The van der Waals surface area contributed by atoms with E-state index in [4.69, 9.17) is 17.2 Å². The van der Waals surface area contributed by atoms with Crippen LogP contribution in [0.3, 0.4) is 0 Å². The van der Waals surface area contributed by atoms with Crippen LogP contribution < -0.4 is 54.4 Å². The molecule has 1 aromatic heterocycles. The fourth-order valence-electron chi connectivity index (χ4n) is 9.37. The summed E-state index contributed by atoms with van der Waals surface area (Å²) in [5, 5.41) is 32.4. The van der Waals surface area contributed by atoms with Crippen molar-refractivity contribution in [3.8, 4) is 5.75 Å². The summed E-state index contributed by atoms with van der Waals surface area (Å²) < 4.78 is 0. The fourth-order valence-corrected chi connectivity index (χ4v) is 11.7. The molecule has 0 bridgehead atoms. The molecular weight excluding hydrogens is 1070 g/mol. The summed E-state index contributed by atoms with van der Waals surface area (Å²) in [7, 11) is 2.13. The van der Waals surface area contributed by atoms with E-state index >= 15 is 0 Å². The molecule has 15 N–H and O–H groups in total. The van der Waals surface area contributed by atoms with Crippen molar-refractivity contribution in [2.45, 2.75) is 107 Å². The third-order valence-electron chi connectivity index (χ3n) is 13.9. The summed E-state index contributed by atoms with van der Waals surface area (Å²) in [6.07, 6.45) is 2.61. The van der Waals surface area contributed by atoms with E-state index in [1.165, 1.54) is 12.1 Å². The molecule has 7 rings (SSSR count).